The van der Waals surface area contributed by atoms with E-state index in [1.807, 2.05) is 48.5 Å². The topological polar surface area (TPSA) is 55.0 Å². The van der Waals surface area contributed by atoms with Gasteiger partial charge in [-0.05, 0) is 42.2 Å². The smallest absolute Gasteiger partial charge is 0.201 e. The van der Waals surface area contributed by atoms with Crippen LogP contribution in [0.4, 0.5) is 0 Å². The highest BCUT2D eigenvalue weighted by molar-refractivity contribution is 5.99. The zero-order valence-corrected chi connectivity index (χ0v) is 12.2. The number of nitrogens with one attached hydrogen (secondary N) is 1. The van der Waals surface area contributed by atoms with Gasteiger partial charge in [-0.15, -0.1) is 0 Å². The lowest BCUT2D eigenvalue weighted by Gasteiger charge is -2.02. The summed E-state index contributed by atoms with van der Waals surface area (Å²) in [5.74, 6) is 1.75. The van der Waals surface area contributed by atoms with Crippen LogP contribution in [-0.4, -0.2) is 22.9 Å². The van der Waals surface area contributed by atoms with Gasteiger partial charge in [-0.2, -0.15) is 0 Å². The summed E-state index contributed by atoms with van der Waals surface area (Å²) < 4.78 is 5.16. The fourth-order valence-electron chi connectivity index (χ4n) is 2.95. The number of hydrogen-bond donors (Lipinski definition) is 1. The molecule has 110 valence electrons. The number of methoxy groups -OCH3 is 1. The Labute approximate surface area is 128 Å². The number of para-hydroxylation sites is 2. The predicted octanol–water partition coefficient (Wildman–Crippen LogP) is 3.56. The Morgan fingerprint density at radius 3 is 2.68 bits per heavy atom. The minimum atomic E-state index is 0.0361. The van der Waals surface area contributed by atoms with Gasteiger partial charge in [0.15, 0.2) is 5.82 Å². The summed E-state index contributed by atoms with van der Waals surface area (Å²) in [6.07, 6.45) is 0.891. The van der Waals surface area contributed by atoms with Crippen LogP contribution < -0.4 is 4.74 Å². The lowest BCUT2D eigenvalue weighted by molar-refractivity contribution is 0.0956. The number of carbonyl (C=O) groups is 1. The second-order valence-electron chi connectivity index (χ2n) is 5.69. The minimum Gasteiger partial charge on any atom is -0.497 e. The minimum absolute atomic E-state index is 0.0361. The van der Waals surface area contributed by atoms with Gasteiger partial charge in [-0.1, -0.05) is 24.3 Å². The molecule has 1 aliphatic rings. The number of H-pyrrole nitrogens is 1. The molecular formula is C18H16N2O2. The monoisotopic (exact) mass is 292 g/mol. The molecule has 2 aromatic carbocycles. The van der Waals surface area contributed by atoms with E-state index in [4.69, 9.17) is 4.74 Å². The molecule has 0 amide bonds. The van der Waals surface area contributed by atoms with Crippen LogP contribution in [0.5, 0.6) is 5.75 Å². The quantitative estimate of drug-likeness (QED) is 0.748. The molecule has 1 aliphatic carbocycles. The van der Waals surface area contributed by atoms with E-state index in [-0.39, 0.29) is 11.7 Å². The van der Waals surface area contributed by atoms with Crippen molar-refractivity contribution in [3.63, 3.8) is 0 Å². The van der Waals surface area contributed by atoms with Crippen molar-refractivity contribution in [2.45, 2.75) is 12.3 Å². The highest BCUT2D eigenvalue weighted by atomic mass is 16.5. The third-order valence-electron chi connectivity index (χ3n) is 4.29. The highest BCUT2D eigenvalue weighted by Crippen LogP contribution is 2.49. The Bertz CT molecular complexity index is 803. The summed E-state index contributed by atoms with van der Waals surface area (Å²) in [5, 5.41) is 0. The maximum atomic E-state index is 12.6. The number of ether oxygens (including phenoxy) is 1. The Hall–Kier alpha value is -2.62. The standard InChI is InChI=1S/C18H16N2O2/c1-22-12-8-6-11(7-9-12)13-10-14(13)17(21)18-19-15-4-2-3-5-16(15)20-18/h2-9,13-14H,10H2,1H3,(H,19,20)/t13-,14-/m0/s1. The number of aromatic amines is 1. The van der Waals surface area contributed by atoms with Crippen molar-refractivity contribution in [3.05, 3.63) is 59.9 Å². The van der Waals surface area contributed by atoms with E-state index in [2.05, 4.69) is 9.97 Å². The van der Waals surface area contributed by atoms with Crippen LogP contribution in [0.3, 0.4) is 0 Å². The van der Waals surface area contributed by atoms with Crippen LogP contribution in [0.25, 0.3) is 11.0 Å². The van der Waals surface area contributed by atoms with Crippen LogP contribution in [0.15, 0.2) is 48.5 Å². The van der Waals surface area contributed by atoms with Crippen LogP contribution in [0.2, 0.25) is 0 Å². The van der Waals surface area contributed by atoms with Gasteiger partial charge < -0.3 is 9.72 Å². The van der Waals surface area contributed by atoms with Crippen molar-refractivity contribution >= 4 is 16.8 Å². The van der Waals surface area contributed by atoms with E-state index in [1.54, 1.807) is 7.11 Å². The molecular weight excluding hydrogens is 276 g/mol. The molecule has 1 N–H and O–H groups in total. The van der Waals surface area contributed by atoms with Gasteiger partial charge in [0.2, 0.25) is 5.78 Å². The Morgan fingerprint density at radius 1 is 1.18 bits per heavy atom. The van der Waals surface area contributed by atoms with Crippen molar-refractivity contribution < 1.29 is 9.53 Å². The van der Waals surface area contributed by atoms with Gasteiger partial charge in [-0.3, -0.25) is 4.79 Å². The predicted molar refractivity (Wildman–Crippen MR) is 84.3 cm³/mol. The Kier molecular flexibility index (Phi) is 2.96. The molecule has 0 spiro atoms. The average molecular weight is 292 g/mol. The first-order valence-electron chi connectivity index (χ1n) is 7.39. The Morgan fingerprint density at radius 2 is 1.95 bits per heavy atom. The molecule has 4 heteroatoms. The first-order chi connectivity index (χ1) is 10.8. The molecule has 0 saturated heterocycles. The van der Waals surface area contributed by atoms with E-state index in [1.165, 1.54) is 5.56 Å². The third kappa shape index (κ3) is 2.17. The van der Waals surface area contributed by atoms with E-state index in [9.17, 15) is 4.79 Å². The van der Waals surface area contributed by atoms with Crippen LogP contribution >= 0.6 is 0 Å². The maximum absolute atomic E-state index is 12.6. The normalized spacial score (nSPS) is 20.0. The number of fused-ring (bicyclic) bond motifs is 1. The molecule has 0 aliphatic heterocycles. The summed E-state index contributed by atoms with van der Waals surface area (Å²) in [7, 11) is 1.65. The summed E-state index contributed by atoms with van der Waals surface area (Å²) in [6.45, 7) is 0. The SMILES string of the molecule is COc1ccc([C@@H]2C[C@@H]2C(=O)c2nc3ccccc3[nH]2)cc1. The zero-order valence-electron chi connectivity index (χ0n) is 12.2. The molecule has 2 atom stereocenters. The number of rotatable bonds is 4. The van der Waals surface area contributed by atoms with Crippen molar-refractivity contribution in [2.75, 3.05) is 7.11 Å². The number of aromatic nitrogens is 2. The van der Waals surface area contributed by atoms with Crippen molar-refractivity contribution in [1.29, 1.82) is 0 Å². The number of carbonyl (C=O) groups excluding carboxylic acids is 1. The second kappa shape index (κ2) is 4.98. The van der Waals surface area contributed by atoms with E-state index < -0.39 is 0 Å². The second-order valence-corrected chi connectivity index (χ2v) is 5.69. The van der Waals surface area contributed by atoms with Crippen molar-refractivity contribution in [3.8, 4) is 5.75 Å². The van der Waals surface area contributed by atoms with Crippen molar-refractivity contribution in [2.24, 2.45) is 5.92 Å². The fourth-order valence-corrected chi connectivity index (χ4v) is 2.95. The first kappa shape index (κ1) is 13.1. The number of nitrogens with zero attached hydrogens (tertiary/aromatic N) is 1. The van der Waals surface area contributed by atoms with E-state index >= 15 is 0 Å². The molecule has 0 unspecified atom stereocenters. The van der Waals surface area contributed by atoms with Crippen LogP contribution in [-0.2, 0) is 0 Å². The van der Waals surface area contributed by atoms with Gasteiger partial charge in [0.05, 0.1) is 18.1 Å². The number of ketones is 1. The molecule has 4 nitrogen and oxygen atoms in total. The lowest BCUT2D eigenvalue weighted by atomic mass is 10.1. The summed E-state index contributed by atoms with van der Waals surface area (Å²) in [6, 6.07) is 15.7. The number of Topliss-reactive ketones (excluding diaryl/α,β-unsaturated/α-hetero) is 1. The number of imidazole rings is 1. The fraction of sp³-hybridized carbons (Fsp3) is 0.222. The summed E-state index contributed by atoms with van der Waals surface area (Å²) in [4.78, 5) is 20.1. The average Bonchev–Trinajstić information content (AvgIpc) is 3.25. The molecule has 1 fully saturated rings. The highest BCUT2D eigenvalue weighted by Gasteiger charge is 2.45. The van der Waals surface area contributed by atoms with E-state index in [0.717, 1.165) is 23.2 Å². The first-order valence-corrected chi connectivity index (χ1v) is 7.39. The van der Waals surface area contributed by atoms with Crippen molar-refractivity contribution in [1.82, 2.24) is 9.97 Å². The molecule has 1 aromatic heterocycles. The van der Waals surface area contributed by atoms with Gasteiger partial charge in [0, 0.05) is 5.92 Å². The number of benzene rings is 2. The molecule has 22 heavy (non-hydrogen) atoms. The summed E-state index contributed by atoms with van der Waals surface area (Å²) >= 11 is 0. The molecule has 0 bridgehead atoms. The zero-order chi connectivity index (χ0) is 15.1. The molecule has 3 aromatic rings. The van der Waals surface area contributed by atoms with Crippen LogP contribution in [0, 0.1) is 5.92 Å². The number of hydrogen-bond acceptors (Lipinski definition) is 3. The van der Waals surface area contributed by atoms with Gasteiger partial charge in [-0.25, -0.2) is 4.98 Å². The largest absolute Gasteiger partial charge is 0.497 e. The van der Waals surface area contributed by atoms with Gasteiger partial charge >= 0.3 is 0 Å². The molecule has 4 rings (SSSR count). The Balaban J connectivity index is 1.54. The van der Waals surface area contributed by atoms with Gasteiger partial charge in [0.1, 0.15) is 5.75 Å². The molecule has 1 saturated carbocycles. The van der Waals surface area contributed by atoms with E-state index in [0.29, 0.717) is 11.7 Å². The third-order valence-corrected chi connectivity index (χ3v) is 4.29. The lowest BCUT2D eigenvalue weighted by Crippen LogP contribution is -2.05. The molecule has 0 radical (unpaired) electrons. The van der Waals surface area contributed by atoms with Crippen LogP contribution in [0.1, 0.15) is 28.5 Å². The summed E-state index contributed by atoms with van der Waals surface area (Å²) in [5.41, 5.74) is 2.94. The molecule has 1 heterocycles. The van der Waals surface area contributed by atoms with Gasteiger partial charge in [0.25, 0.3) is 0 Å². The maximum Gasteiger partial charge on any atom is 0.201 e.